The Labute approximate surface area is 129 Å². The molecule has 1 N–H and O–H groups in total. The van der Waals surface area contributed by atoms with Gasteiger partial charge in [-0.15, -0.1) is 0 Å². The van der Waals surface area contributed by atoms with E-state index in [0.717, 1.165) is 36.8 Å². The van der Waals surface area contributed by atoms with Gasteiger partial charge in [0.15, 0.2) is 0 Å². The molecule has 0 saturated heterocycles. The molecule has 0 aliphatic rings. The van der Waals surface area contributed by atoms with Crippen molar-refractivity contribution >= 4 is 11.6 Å². The third-order valence-corrected chi connectivity index (χ3v) is 4.87. The van der Waals surface area contributed by atoms with Crippen LogP contribution in [-0.2, 0) is 13.0 Å². The van der Waals surface area contributed by atoms with E-state index in [9.17, 15) is 0 Å². The van der Waals surface area contributed by atoms with Crippen molar-refractivity contribution in [2.24, 2.45) is 11.3 Å². The number of hydrogen-bond acceptors (Lipinski definition) is 2. The molecule has 0 bridgehead atoms. The van der Waals surface area contributed by atoms with Crippen molar-refractivity contribution in [3.05, 3.63) is 16.4 Å². The van der Waals surface area contributed by atoms with Crippen molar-refractivity contribution in [2.75, 3.05) is 13.1 Å². The van der Waals surface area contributed by atoms with Gasteiger partial charge in [0.05, 0.1) is 16.4 Å². The molecular weight excluding hydrogens is 270 g/mol. The van der Waals surface area contributed by atoms with Crippen LogP contribution in [0.5, 0.6) is 0 Å². The van der Waals surface area contributed by atoms with E-state index in [1.54, 1.807) is 0 Å². The maximum absolute atomic E-state index is 6.46. The van der Waals surface area contributed by atoms with Gasteiger partial charge in [-0.2, -0.15) is 5.10 Å². The molecule has 0 fully saturated rings. The molecule has 1 unspecified atom stereocenters. The van der Waals surface area contributed by atoms with E-state index in [1.165, 1.54) is 12.1 Å². The molecule has 3 nitrogen and oxygen atoms in total. The molecule has 0 amide bonds. The van der Waals surface area contributed by atoms with Gasteiger partial charge >= 0.3 is 0 Å². The lowest BCUT2D eigenvalue weighted by Gasteiger charge is -2.34. The Bertz CT molecular complexity index is 426. The first-order valence-electron chi connectivity index (χ1n) is 7.78. The average Bonchev–Trinajstić information content (AvgIpc) is 2.66. The first kappa shape index (κ1) is 17.5. The van der Waals surface area contributed by atoms with Crippen molar-refractivity contribution in [3.8, 4) is 0 Å². The predicted octanol–water partition coefficient (Wildman–Crippen LogP) is 4.07. The number of aromatic nitrogens is 2. The van der Waals surface area contributed by atoms with Gasteiger partial charge in [0.1, 0.15) is 0 Å². The van der Waals surface area contributed by atoms with Crippen molar-refractivity contribution < 1.29 is 0 Å². The van der Waals surface area contributed by atoms with Gasteiger partial charge in [-0.1, -0.05) is 39.3 Å². The zero-order valence-electron chi connectivity index (χ0n) is 13.9. The fourth-order valence-corrected chi connectivity index (χ4v) is 2.64. The van der Waals surface area contributed by atoms with E-state index >= 15 is 0 Å². The fraction of sp³-hybridized carbons (Fsp3) is 0.812. The summed E-state index contributed by atoms with van der Waals surface area (Å²) >= 11 is 6.46. The first-order valence-corrected chi connectivity index (χ1v) is 8.16. The summed E-state index contributed by atoms with van der Waals surface area (Å²) in [4.78, 5) is 0. The summed E-state index contributed by atoms with van der Waals surface area (Å²) in [6.45, 7) is 16.2. The Morgan fingerprint density at radius 1 is 1.35 bits per heavy atom. The SMILES string of the molecule is CCCNCC(C)(Cc1c(Cl)c(C)nn1CC)C(C)C. The van der Waals surface area contributed by atoms with Crippen LogP contribution < -0.4 is 5.32 Å². The van der Waals surface area contributed by atoms with Gasteiger partial charge < -0.3 is 5.32 Å². The van der Waals surface area contributed by atoms with Gasteiger partial charge in [-0.25, -0.2) is 0 Å². The lowest BCUT2D eigenvalue weighted by Crippen LogP contribution is -2.38. The number of halogens is 1. The molecule has 0 radical (unpaired) electrons. The Hall–Kier alpha value is -0.540. The highest BCUT2D eigenvalue weighted by Gasteiger charge is 2.31. The van der Waals surface area contributed by atoms with E-state index < -0.39 is 0 Å². The molecule has 1 atom stereocenters. The van der Waals surface area contributed by atoms with Gasteiger partial charge in [-0.3, -0.25) is 4.68 Å². The second-order valence-electron chi connectivity index (χ2n) is 6.32. The molecule has 0 aromatic carbocycles. The van der Waals surface area contributed by atoms with E-state index in [4.69, 9.17) is 11.6 Å². The molecular formula is C16H30ClN3. The van der Waals surface area contributed by atoms with Crippen LogP contribution in [0.2, 0.25) is 5.02 Å². The summed E-state index contributed by atoms with van der Waals surface area (Å²) in [5.41, 5.74) is 2.32. The molecule has 0 spiro atoms. The van der Waals surface area contributed by atoms with Crippen LogP contribution in [0.3, 0.4) is 0 Å². The Morgan fingerprint density at radius 2 is 2.00 bits per heavy atom. The van der Waals surface area contributed by atoms with Crippen LogP contribution in [0.4, 0.5) is 0 Å². The van der Waals surface area contributed by atoms with Crippen molar-refractivity contribution in [2.45, 2.75) is 60.9 Å². The number of nitrogens with zero attached hydrogens (tertiary/aromatic N) is 2. The van der Waals surface area contributed by atoms with Gasteiger partial charge in [0.2, 0.25) is 0 Å². The van der Waals surface area contributed by atoms with Crippen LogP contribution in [0, 0.1) is 18.3 Å². The number of nitrogens with one attached hydrogen (secondary N) is 1. The average molecular weight is 300 g/mol. The van der Waals surface area contributed by atoms with Gasteiger partial charge in [-0.05, 0) is 44.6 Å². The summed E-state index contributed by atoms with van der Waals surface area (Å²) in [5, 5.41) is 8.94. The molecule has 116 valence electrons. The maximum atomic E-state index is 6.46. The first-order chi connectivity index (χ1) is 9.35. The lowest BCUT2D eigenvalue weighted by atomic mass is 9.75. The molecule has 1 aromatic rings. The second kappa shape index (κ2) is 7.46. The third kappa shape index (κ3) is 3.98. The normalized spacial score (nSPS) is 14.8. The van der Waals surface area contributed by atoms with Crippen LogP contribution in [0.25, 0.3) is 0 Å². The van der Waals surface area contributed by atoms with Crippen LogP contribution in [-0.4, -0.2) is 22.9 Å². The van der Waals surface area contributed by atoms with E-state index in [2.05, 4.69) is 49.7 Å². The maximum Gasteiger partial charge on any atom is 0.0847 e. The van der Waals surface area contributed by atoms with Crippen molar-refractivity contribution in [1.82, 2.24) is 15.1 Å². The molecule has 0 aliphatic carbocycles. The highest BCUT2D eigenvalue weighted by Crippen LogP contribution is 2.34. The van der Waals surface area contributed by atoms with Gasteiger partial charge in [0, 0.05) is 13.1 Å². The smallest absolute Gasteiger partial charge is 0.0847 e. The minimum Gasteiger partial charge on any atom is -0.316 e. The quantitative estimate of drug-likeness (QED) is 0.733. The molecule has 0 aliphatic heterocycles. The van der Waals surface area contributed by atoms with Crippen LogP contribution >= 0.6 is 11.6 Å². The molecule has 0 saturated carbocycles. The van der Waals surface area contributed by atoms with Crippen LogP contribution in [0.1, 0.15) is 52.4 Å². The fourth-order valence-electron chi connectivity index (χ4n) is 2.44. The Morgan fingerprint density at radius 3 is 2.50 bits per heavy atom. The minimum absolute atomic E-state index is 0.193. The standard InChI is InChI=1S/C16H30ClN3/c1-7-9-18-11-16(6,12(3)4)10-14-15(17)13(5)19-20(14)8-2/h12,18H,7-11H2,1-6H3. The predicted molar refractivity (Wildman–Crippen MR) is 87.5 cm³/mol. The number of hydrogen-bond donors (Lipinski definition) is 1. The van der Waals surface area contributed by atoms with E-state index in [-0.39, 0.29) is 5.41 Å². The van der Waals surface area contributed by atoms with Crippen molar-refractivity contribution in [1.29, 1.82) is 0 Å². The van der Waals surface area contributed by atoms with Gasteiger partial charge in [0.25, 0.3) is 0 Å². The summed E-state index contributed by atoms with van der Waals surface area (Å²) in [6, 6.07) is 0. The highest BCUT2D eigenvalue weighted by molar-refractivity contribution is 6.31. The summed E-state index contributed by atoms with van der Waals surface area (Å²) in [6.07, 6.45) is 2.13. The van der Waals surface area contributed by atoms with Crippen LogP contribution in [0.15, 0.2) is 0 Å². The topological polar surface area (TPSA) is 29.9 Å². The Balaban J connectivity index is 2.95. The molecule has 1 rings (SSSR count). The monoisotopic (exact) mass is 299 g/mol. The lowest BCUT2D eigenvalue weighted by molar-refractivity contribution is 0.203. The van der Waals surface area contributed by atoms with Crippen molar-refractivity contribution in [3.63, 3.8) is 0 Å². The Kier molecular flexibility index (Phi) is 6.53. The van der Waals surface area contributed by atoms with E-state index in [1.807, 2.05) is 6.92 Å². The largest absolute Gasteiger partial charge is 0.316 e. The number of aryl methyl sites for hydroxylation is 2. The highest BCUT2D eigenvalue weighted by atomic mass is 35.5. The molecule has 1 heterocycles. The zero-order valence-corrected chi connectivity index (χ0v) is 14.6. The summed E-state index contributed by atoms with van der Waals surface area (Å²) in [5.74, 6) is 0.587. The third-order valence-electron chi connectivity index (χ3n) is 4.37. The molecule has 4 heteroatoms. The zero-order chi connectivity index (χ0) is 15.3. The van der Waals surface area contributed by atoms with E-state index in [0.29, 0.717) is 5.92 Å². The molecule has 1 aromatic heterocycles. The second-order valence-corrected chi connectivity index (χ2v) is 6.70. The molecule has 20 heavy (non-hydrogen) atoms. The summed E-state index contributed by atoms with van der Waals surface area (Å²) in [7, 11) is 0. The summed E-state index contributed by atoms with van der Waals surface area (Å²) < 4.78 is 2.05. The number of rotatable bonds is 8. The minimum atomic E-state index is 0.193.